The van der Waals surface area contributed by atoms with Gasteiger partial charge in [-0.15, -0.1) is 0 Å². The molecule has 1 aromatic carbocycles. The molecule has 2 amide bonds. The van der Waals surface area contributed by atoms with Crippen LogP contribution in [-0.4, -0.2) is 29.3 Å². The van der Waals surface area contributed by atoms with Gasteiger partial charge in [0, 0.05) is 25.8 Å². The van der Waals surface area contributed by atoms with E-state index >= 15 is 0 Å². The molecule has 114 valence electrons. The largest absolute Gasteiger partial charge is 0.441 e. The molecular formula is C15H21N3O3. The fourth-order valence-corrected chi connectivity index (χ4v) is 2.17. The molecule has 21 heavy (non-hydrogen) atoms. The van der Waals surface area contributed by atoms with Crippen LogP contribution >= 0.6 is 0 Å². The Kier molecular flexibility index (Phi) is 5.16. The summed E-state index contributed by atoms with van der Waals surface area (Å²) in [5.41, 5.74) is 2.09. The molecule has 6 heteroatoms. The number of aromatic nitrogens is 1. The molecule has 0 radical (unpaired) electrons. The van der Waals surface area contributed by atoms with Gasteiger partial charge in [-0.05, 0) is 30.5 Å². The number of aliphatic hydroxyl groups is 1. The van der Waals surface area contributed by atoms with E-state index in [1.165, 1.54) is 0 Å². The smallest absolute Gasteiger partial charge is 0.319 e. The summed E-state index contributed by atoms with van der Waals surface area (Å²) in [4.78, 5) is 16.1. The quantitative estimate of drug-likeness (QED) is 0.763. The van der Waals surface area contributed by atoms with Crippen LogP contribution in [0.2, 0.25) is 0 Å². The minimum atomic E-state index is -0.258. The SMILES string of the molecule is CCC(CCO)CNC(=O)Nc1ccc2oc(C)nc2c1. The summed E-state index contributed by atoms with van der Waals surface area (Å²) >= 11 is 0. The summed E-state index contributed by atoms with van der Waals surface area (Å²) in [6.07, 6.45) is 1.62. The molecule has 2 aromatic rings. The first-order valence-electron chi connectivity index (χ1n) is 7.15. The van der Waals surface area contributed by atoms with Crippen molar-refractivity contribution in [2.75, 3.05) is 18.5 Å². The molecule has 0 spiro atoms. The van der Waals surface area contributed by atoms with E-state index < -0.39 is 0 Å². The van der Waals surface area contributed by atoms with E-state index in [9.17, 15) is 4.79 Å². The highest BCUT2D eigenvalue weighted by molar-refractivity contribution is 5.91. The maximum Gasteiger partial charge on any atom is 0.319 e. The first-order valence-corrected chi connectivity index (χ1v) is 7.15. The molecule has 0 aliphatic rings. The average Bonchev–Trinajstić information content (AvgIpc) is 2.82. The van der Waals surface area contributed by atoms with Crippen LogP contribution in [0.4, 0.5) is 10.5 Å². The van der Waals surface area contributed by atoms with Crippen molar-refractivity contribution in [3.8, 4) is 0 Å². The lowest BCUT2D eigenvalue weighted by Crippen LogP contribution is -2.33. The van der Waals surface area contributed by atoms with Crippen molar-refractivity contribution in [1.29, 1.82) is 0 Å². The number of oxazole rings is 1. The van der Waals surface area contributed by atoms with Gasteiger partial charge in [-0.2, -0.15) is 0 Å². The Bertz CT molecular complexity index is 609. The maximum absolute atomic E-state index is 11.8. The van der Waals surface area contributed by atoms with E-state index in [1.54, 1.807) is 25.1 Å². The zero-order valence-electron chi connectivity index (χ0n) is 12.3. The molecule has 0 aliphatic heterocycles. The van der Waals surface area contributed by atoms with Crippen LogP contribution in [0, 0.1) is 12.8 Å². The number of amides is 2. The molecule has 0 bridgehead atoms. The van der Waals surface area contributed by atoms with E-state index in [0.717, 1.165) is 11.9 Å². The number of benzene rings is 1. The topological polar surface area (TPSA) is 87.4 Å². The number of fused-ring (bicyclic) bond motifs is 1. The Morgan fingerprint density at radius 3 is 3.00 bits per heavy atom. The van der Waals surface area contributed by atoms with Crippen molar-refractivity contribution in [3.63, 3.8) is 0 Å². The number of nitrogens with one attached hydrogen (secondary N) is 2. The summed E-state index contributed by atoms with van der Waals surface area (Å²) in [7, 11) is 0. The third kappa shape index (κ3) is 4.19. The highest BCUT2D eigenvalue weighted by Crippen LogP contribution is 2.19. The normalized spacial score (nSPS) is 12.3. The molecule has 3 N–H and O–H groups in total. The molecule has 1 heterocycles. The molecule has 0 aliphatic carbocycles. The van der Waals surface area contributed by atoms with Gasteiger partial charge in [0.1, 0.15) is 5.52 Å². The lowest BCUT2D eigenvalue weighted by atomic mass is 10.0. The Morgan fingerprint density at radius 1 is 1.48 bits per heavy atom. The number of carbonyl (C=O) groups excluding carboxylic acids is 1. The predicted molar refractivity (Wildman–Crippen MR) is 81.3 cm³/mol. The molecule has 2 rings (SSSR count). The molecular weight excluding hydrogens is 270 g/mol. The van der Waals surface area contributed by atoms with Crippen LogP contribution in [0.15, 0.2) is 22.6 Å². The number of aliphatic hydroxyl groups excluding tert-OH is 1. The standard InChI is InChI=1S/C15H21N3O3/c1-3-11(6-7-19)9-16-15(20)18-12-4-5-14-13(8-12)17-10(2)21-14/h4-5,8,11,19H,3,6-7,9H2,1-2H3,(H2,16,18,20). The molecule has 0 saturated carbocycles. The summed E-state index contributed by atoms with van der Waals surface area (Å²) in [5.74, 6) is 0.891. The van der Waals surface area contributed by atoms with E-state index in [0.29, 0.717) is 36.0 Å². The first-order chi connectivity index (χ1) is 10.1. The Balaban J connectivity index is 1.91. The number of hydrogen-bond acceptors (Lipinski definition) is 4. The van der Waals surface area contributed by atoms with E-state index in [1.807, 2.05) is 6.92 Å². The van der Waals surface area contributed by atoms with E-state index in [-0.39, 0.29) is 12.6 Å². The Morgan fingerprint density at radius 2 is 2.29 bits per heavy atom. The van der Waals surface area contributed by atoms with Gasteiger partial charge in [0.05, 0.1) is 0 Å². The summed E-state index contributed by atoms with van der Waals surface area (Å²) < 4.78 is 5.39. The summed E-state index contributed by atoms with van der Waals surface area (Å²) in [6, 6.07) is 5.07. The minimum absolute atomic E-state index is 0.143. The fourth-order valence-electron chi connectivity index (χ4n) is 2.17. The molecule has 1 aromatic heterocycles. The first kappa shape index (κ1) is 15.3. The molecule has 1 atom stereocenters. The van der Waals surface area contributed by atoms with Crippen molar-refractivity contribution in [2.45, 2.75) is 26.7 Å². The molecule has 6 nitrogen and oxygen atoms in total. The number of nitrogens with zero attached hydrogens (tertiary/aromatic N) is 1. The van der Waals surface area contributed by atoms with Gasteiger partial charge < -0.3 is 20.2 Å². The Labute approximate surface area is 123 Å². The van der Waals surface area contributed by atoms with Crippen molar-refractivity contribution in [3.05, 3.63) is 24.1 Å². The van der Waals surface area contributed by atoms with Gasteiger partial charge >= 0.3 is 6.03 Å². The van der Waals surface area contributed by atoms with Gasteiger partial charge in [-0.1, -0.05) is 13.3 Å². The number of aryl methyl sites for hydroxylation is 1. The third-order valence-electron chi connectivity index (χ3n) is 3.42. The van der Waals surface area contributed by atoms with Crippen LogP contribution in [-0.2, 0) is 0 Å². The van der Waals surface area contributed by atoms with Crippen molar-refractivity contribution < 1.29 is 14.3 Å². The average molecular weight is 291 g/mol. The van der Waals surface area contributed by atoms with Crippen molar-refractivity contribution >= 4 is 22.8 Å². The number of carbonyl (C=O) groups is 1. The molecule has 0 saturated heterocycles. The Hall–Kier alpha value is -2.08. The monoisotopic (exact) mass is 291 g/mol. The van der Waals surface area contributed by atoms with E-state index in [4.69, 9.17) is 9.52 Å². The summed E-state index contributed by atoms with van der Waals surface area (Å²) in [5, 5.41) is 14.5. The van der Waals surface area contributed by atoms with Gasteiger partial charge in [0.25, 0.3) is 0 Å². The van der Waals surface area contributed by atoms with Crippen molar-refractivity contribution in [1.82, 2.24) is 10.3 Å². The highest BCUT2D eigenvalue weighted by Gasteiger charge is 2.09. The van der Waals surface area contributed by atoms with Crippen LogP contribution in [0.5, 0.6) is 0 Å². The van der Waals surface area contributed by atoms with Gasteiger partial charge in [-0.25, -0.2) is 9.78 Å². The number of hydrogen-bond donors (Lipinski definition) is 3. The maximum atomic E-state index is 11.8. The summed E-state index contributed by atoms with van der Waals surface area (Å²) in [6.45, 7) is 4.52. The van der Waals surface area contributed by atoms with Crippen LogP contribution in [0.1, 0.15) is 25.7 Å². The number of anilines is 1. The number of rotatable bonds is 6. The second-order valence-corrected chi connectivity index (χ2v) is 5.04. The van der Waals surface area contributed by atoms with Crippen LogP contribution in [0.3, 0.4) is 0 Å². The fraction of sp³-hybridized carbons (Fsp3) is 0.467. The molecule has 1 unspecified atom stereocenters. The lowest BCUT2D eigenvalue weighted by Gasteiger charge is -2.14. The second kappa shape index (κ2) is 7.08. The van der Waals surface area contributed by atoms with Crippen LogP contribution < -0.4 is 10.6 Å². The van der Waals surface area contributed by atoms with Gasteiger partial charge in [-0.3, -0.25) is 0 Å². The van der Waals surface area contributed by atoms with Crippen LogP contribution in [0.25, 0.3) is 11.1 Å². The zero-order valence-corrected chi connectivity index (χ0v) is 12.3. The van der Waals surface area contributed by atoms with Gasteiger partial charge in [0.2, 0.25) is 0 Å². The highest BCUT2D eigenvalue weighted by atomic mass is 16.3. The van der Waals surface area contributed by atoms with Crippen molar-refractivity contribution in [2.24, 2.45) is 5.92 Å². The number of urea groups is 1. The lowest BCUT2D eigenvalue weighted by molar-refractivity contribution is 0.238. The minimum Gasteiger partial charge on any atom is -0.441 e. The third-order valence-corrected chi connectivity index (χ3v) is 3.42. The molecule has 0 fully saturated rings. The van der Waals surface area contributed by atoms with Gasteiger partial charge in [0.15, 0.2) is 11.5 Å². The van der Waals surface area contributed by atoms with E-state index in [2.05, 4.69) is 15.6 Å². The second-order valence-electron chi connectivity index (χ2n) is 5.04. The predicted octanol–water partition coefficient (Wildman–Crippen LogP) is 2.67. The zero-order chi connectivity index (χ0) is 15.2.